The van der Waals surface area contributed by atoms with Crippen LogP contribution in [0.2, 0.25) is 0 Å². The summed E-state index contributed by atoms with van der Waals surface area (Å²) in [5.41, 5.74) is -0.157. The van der Waals surface area contributed by atoms with Crippen molar-refractivity contribution in [1.82, 2.24) is 4.90 Å². The summed E-state index contributed by atoms with van der Waals surface area (Å²) >= 11 is 0. The molecule has 0 aromatic heterocycles. The molecule has 124 valence electrons. The maximum atomic E-state index is 11.7. The summed E-state index contributed by atoms with van der Waals surface area (Å²) in [4.78, 5) is 14.1. The van der Waals surface area contributed by atoms with Gasteiger partial charge in [0.2, 0.25) is 0 Å². The summed E-state index contributed by atoms with van der Waals surface area (Å²) in [7, 11) is 0. The van der Waals surface area contributed by atoms with Crippen molar-refractivity contribution in [3.63, 3.8) is 0 Å². The maximum absolute atomic E-state index is 11.7. The largest absolute Gasteiger partial charge is 0.380 e. The van der Waals surface area contributed by atoms with Gasteiger partial charge in [0.25, 0.3) is 0 Å². The van der Waals surface area contributed by atoms with Crippen molar-refractivity contribution in [2.45, 2.75) is 46.5 Å². The Hall–Kier alpha value is -0.450. The van der Waals surface area contributed by atoms with Gasteiger partial charge in [-0.2, -0.15) is 0 Å². The normalized spacial score (nSPS) is 26.2. The van der Waals surface area contributed by atoms with Crippen molar-refractivity contribution in [2.75, 3.05) is 46.1 Å². The molecule has 1 aliphatic carbocycles. The molecule has 0 heterocycles. The zero-order valence-electron chi connectivity index (χ0n) is 14.1. The quantitative estimate of drug-likeness (QED) is 0.434. The minimum atomic E-state index is -0.157. The van der Waals surface area contributed by atoms with Crippen molar-refractivity contribution in [3.05, 3.63) is 0 Å². The number of aldehydes is 1. The predicted octanol–water partition coefficient (Wildman–Crippen LogP) is 2.76. The maximum Gasteiger partial charge on any atom is 0.127 e. The average molecular weight is 299 g/mol. The zero-order chi connectivity index (χ0) is 15.6. The summed E-state index contributed by atoms with van der Waals surface area (Å²) in [6.07, 6.45) is 5.70. The van der Waals surface area contributed by atoms with Gasteiger partial charge in [0.1, 0.15) is 6.29 Å². The predicted molar refractivity (Wildman–Crippen MR) is 85.6 cm³/mol. The molecule has 0 radical (unpaired) electrons. The van der Waals surface area contributed by atoms with Crippen LogP contribution in [-0.4, -0.2) is 57.2 Å². The van der Waals surface area contributed by atoms with Crippen LogP contribution in [0.25, 0.3) is 0 Å². The van der Waals surface area contributed by atoms with E-state index < -0.39 is 0 Å². The lowest BCUT2D eigenvalue weighted by Gasteiger charge is -2.39. The molecular weight excluding hydrogens is 266 g/mol. The SMILES string of the molecule is CCOCCN(CCOCC)CC1(C=O)CCCC(C)C1. The Balaban J connectivity index is 2.55. The van der Waals surface area contributed by atoms with E-state index in [0.717, 1.165) is 58.9 Å². The van der Waals surface area contributed by atoms with Gasteiger partial charge >= 0.3 is 0 Å². The first-order valence-corrected chi connectivity index (χ1v) is 8.50. The number of nitrogens with zero attached hydrogens (tertiary/aromatic N) is 1. The lowest BCUT2D eigenvalue weighted by molar-refractivity contribution is -0.120. The summed E-state index contributed by atoms with van der Waals surface area (Å²) in [6.45, 7) is 11.9. The first-order chi connectivity index (χ1) is 10.2. The van der Waals surface area contributed by atoms with Crippen LogP contribution in [0.3, 0.4) is 0 Å². The fraction of sp³-hybridized carbons (Fsp3) is 0.941. The molecule has 4 nitrogen and oxygen atoms in total. The first-order valence-electron chi connectivity index (χ1n) is 8.50. The fourth-order valence-corrected chi connectivity index (χ4v) is 3.38. The van der Waals surface area contributed by atoms with Gasteiger partial charge in [-0.25, -0.2) is 0 Å². The molecule has 4 heteroatoms. The fourth-order valence-electron chi connectivity index (χ4n) is 3.38. The molecule has 21 heavy (non-hydrogen) atoms. The van der Waals surface area contributed by atoms with Gasteiger partial charge in [0.15, 0.2) is 0 Å². The number of carbonyl (C=O) groups is 1. The van der Waals surface area contributed by atoms with E-state index in [2.05, 4.69) is 11.8 Å². The van der Waals surface area contributed by atoms with Crippen molar-refractivity contribution in [2.24, 2.45) is 11.3 Å². The minimum absolute atomic E-state index is 0.157. The summed E-state index contributed by atoms with van der Waals surface area (Å²) in [6, 6.07) is 0. The summed E-state index contributed by atoms with van der Waals surface area (Å²) in [5.74, 6) is 0.657. The molecular formula is C17H33NO3. The molecule has 0 amide bonds. The molecule has 0 saturated heterocycles. The van der Waals surface area contributed by atoms with E-state index in [1.165, 1.54) is 19.1 Å². The zero-order valence-corrected chi connectivity index (χ0v) is 14.1. The molecule has 0 aromatic carbocycles. The molecule has 1 saturated carbocycles. The Kier molecular flexibility index (Phi) is 9.13. The van der Waals surface area contributed by atoms with Crippen molar-refractivity contribution in [3.8, 4) is 0 Å². The molecule has 2 unspecified atom stereocenters. The summed E-state index contributed by atoms with van der Waals surface area (Å²) < 4.78 is 11.0. The molecule has 1 rings (SSSR count). The molecule has 0 bridgehead atoms. The highest BCUT2D eigenvalue weighted by atomic mass is 16.5. The Bertz CT molecular complexity index is 275. The Morgan fingerprint density at radius 3 is 2.29 bits per heavy atom. The molecule has 1 fully saturated rings. The topological polar surface area (TPSA) is 38.8 Å². The van der Waals surface area contributed by atoms with Gasteiger partial charge in [-0.15, -0.1) is 0 Å². The van der Waals surface area contributed by atoms with Crippen LogP contribution >= 0.6 is 0 Å². The van der Waals surface area contributed by atoms with Gasteiger partial charge in [-0.05, 0) is 32.6 Å². The van der Waals surface area contributed by atoms with Gasteiger partial charge in [0, 0.05) is 38.3 Å². The second-order valence-electron chi connectivity index (χ2n) is 6.35. The molecule has 0 spiro atoms. The lowest BCUT2D eigenvalue weighted by Crippen LogP contribution is -2.44. The third-order valence-corrected chi connectivity index (χ3v) is 4.43. The van der Waals surface area contributed by atoms with Crippen LogP contribution in [0.15, 0.2) is 0 Å². The molecule has 1 aliphatic rings. The number of hydrogen-bond acceptors (Lipinski definition) is 4. The van der Waals surface area contributed by atoms with Gasteiger partial charge in [-0.1, -0.05) is 19.8 Å². The molecule has 0 N–H and O–H groups in total. The van der Waals surface area contributed by atoms with E-state index in [1.807, 2.05) is 13.8 Å². The van der Waals surface area contributed by atoms with Crippen LogP contribution in [0, 0.1) is 11.3 Å². The van der Waals surface area contributed by atoms with Crippen LogP contribution in [0.1, 0.15) is 46.5 Å². The van der Waals surface area contributed by atoms with Crippen molar-refractivity contribution >= 4 is 6.29 Å². The third kappa shape index (κ3) is 6.90. The number of rotatable bonds is 11. The highest BCUT2D eigenvalue weighted by Crippen LogP contribution is 2.38. The number of hydrogen-bond donors (Lipinski definition) is 0. The third-order valence-electron chi connectivity index (χ3n) is 4.43. The van der Waals surface area contributed by atoms with Crippen LogP contribution in [-0.2, 0) is 14.3 Å². The second kappa shape index (κ2) is 10.3. The van der Waals surface area contributed by atoms with E-state index in [4.69, 9.17) is 9.47 Å². The number of carbonyl (C=O) groups excluding carboxylic acids is 1. The van der Waals surface area contributed by atoms with Crippen LogP contribution in [0.5, 0.6) is 0 Å². The van der Waals surface area contributed by atoms with E-state index in [1.54, 1.807) is 0 Å². The van der Waals surface area contributed by atoms with Crippen LogP contribution in [0.4, 0.5) is 0 Å². The minimum Gasteiger partial charge on any atom is -0.380 e. The highest BCUT2D eigenvalue weighted by Gasteiger charge is 2.36. The van der Waals surface area contributed by atoms with E-state index >= 15 is 0 Å². The Morgan fingerprint density at radius 2 is 1.81 bits per heavy atom. The lowest BCUT2D eigenvalue weighted by atomic mass is 9.70. The molecule has 0 aliphatic heterocycles. The highest BCUT2D eigenvalue weighted by molar-refractivity contribution is 5.60. The van der Waals surface area contributed by atoms with E-state index in [0.29, 0.717) is 5.92 Å². The standard InChI is InChI=1S/C17H33NO3/c1-4-20-11-9-18(10-12-21-5-2)14-17(15-19)8-6-7-16(3)13-17/h15-16H,4-14H2,1-3H3. The van der Waals surface area contributed by atoms with Crippen molar-refractivity contribution in [1.29, 1.82) is 0 Å². The average Bonchev–Trinajstić information content (AvgIpc) is 2.47. The Morgan fingerprint density at radius 1 is 1.19 bits per heavy atom. The van der Waals surface area contributed by atoms with Gasteiger partial charge < -0.3 is 14.3 Å². The monoisotopic (exact) mass is 299 g/mol. The van der Waals surface area contributed by atoms with E-state index in [-0.39, 0.29) is 5.41 Å². The van der Waals surface area contributed by atoms with Gasteiger partial charge in [-0.3, -0.25) is 4.90 Å². The molecule has 2 atom stereocenters. The summed E-state index contributed by atoms with van der Waals surface area (Å²) in [5, 5.41) is 0. The smallest absolute Gasteiger partial charge is 0.127 e. The second-order valence-corrected chi connectivity index (χ2v) is 6.35. The van der Waals surface area contributed by atoms with E-state index in [9.17, 15) is 4.79 Å². The first kappa shape index (κ1) is 18.6. The van der Waals surface area contributed by atoms with Crippen molar-refractivity contribution < 1.29 is 14.3 Å². The van der Waals surface area contributed by atoms with Gasteiger partial charge in [0.05, 0.1) is 13.2 Å². The Labute approximate surface area is 130 Å². The van der Waals surface area contributed by atoms with Crippen LogP contribution < -0.4 is 0 Å². The number of ether oxygens (including phenoxy) is 2. The molecule has 0 aromatic rings.